The van der Waals surface area contributed by atoms with Crippen molar-refractivity contribution in [2.75, 3.05) is 24.5 Å². The van der Waals surface area contributed by atoms with E-state index in [1.54, 1.807) is 0 Å². The van der Waals surface area contributed by atoms with Crippen molar-refractivity contribution < 1.29 is 0 Å². The van der Waals surface area contributed by atoms with Crippen molar-refractivity contribution in [3.8, 4) is 0 Å². The first-order valence-electron chi connectivity index (χ1n) is 6.91. The fraction of sp³-hybridized carbons (Fsp3) is 0.467. The van der Waals surface area contributed by atoms with Crippen molar-refractivity contribution in [3.05, 3.63) is 30.5 Å². The van der Waals surface area contributed by atoms with Crippen molar-refractivity contribution in [2.45, 2.75) is 26.8 Å². The second kappa shape index (κ2) is 6.48. The summed E-state index contributed by atoms with van der Waals surface area (Å²) >= 11 is 0. The minimum atomic E-state index is 0.510. The molecule has 0 aliphatic heterocycles. The Morgan fingerprint density at radius 3 is 2.79 bits per heavy atom. The molecule has 0 spiro atoms. The van der Waals surface area contributed by atoms with Gasteiger partial charge in [-0.05, 0) is 13.0 Å². The Balaban J connectivity index is 2.11. The monoisotopic (exact) mass is 258 g/mol. The molecule has 0 aliphatic rings. The predicted octanol–water partition coefficient (Wildman–Crippen LogP) is 2.45. The first-order chi connectivity index (χ1) is 9.20. The molecule has 0 fully saturated rings. The molecule has 0 saturated heterocycles. The first kappa shape index (κ1) is 13.7. The van der Waals surface area contributed by atoms with Gasteiger partial charge < -0.3 is 10.2 Å². The molecule has 2 aromatic rings. The normalized spacial score (nSPS) is 11.2. The maximum atomic E-state index is 4.63. The second-order valence-corrected chi connectivity index (χ2v) is 4.92. The Morgan fingerprint density at radius 2 is 2.05 bits per heavy atom. The van der Waals surface area contributed by atoms with Crippen LogP contribution in [-0.4, -0.2) is 35.6 Å². The number of nitrogens with one attached hydrogen (secondary N) is 1. The first-order valence-corrected chi connectivity index (χ1v) is 6.91. The Kier molecular flexibility index (Phi) is 4.68. The summed E-state index contributed by atoms with van der Waals surface area (Å²) in [5.41, 5.74) is 1.00. The lowest BCUT2D eigenvalue weighted by Crippen LogP contribution is -2.35. The van der Waals surface area contributed by atoms with Gasteiger partial charge in [0.2, 0.25) is 5.95 Å². The minimum absolute atomic E-state index is 0.510. The molecule has 0 atom stereocenters. The van der Waals surface area contributed by atoms with Crippen LogP contribution in [0.25, 0.3) is 10.9 Å². The van der Waals surface area contributed by atoms with E-state index in [0.29, 0.717) is 6.04 Å². The predicted molar refractivity (Wildman–Crippen MR) is 80.6 cm³/mol. The second-order valence-electron chi connectivity index (χ2n) is 4.92. The van der Waals surface area contributed by atoms with E-state index in [9.17, 15) is 0 Å². The van der Waals surface area contributed by atoms with Crippen molar-refractivity contribution in [3.63, 3.8) is 0 Å². The van der Waals surface area contributed by atoms with Crippen molar-refractivity contribution in [2.24, 2.45) is 0 Å². The van der Waals surface area contributed by atoms with E-state index in [4.69, 9.17) is 0 Å². The Labute approximate surface area is 114 Å². The summed E-state index contributed by atoms with van der Waals surface area (Å²) in [7, 11) is 0. The lowest BCUT2D eigenvalue weighted by Gasteiger charge is -2.21. The number of fused-ring (bicyclic) bond motifs is 1. The SMILES string of the molecule is CCN(CCNC(C)C)c1ncc2ccccc2n1. The number of para-hydroxylation sites is 1. The van der Waals surface area contributed by atoms with Crippen LogP contribution in [0.5, 0.6) is 0 Å². The fourth-order valence-electron chi connectivity index (χ4n) is 2.00. The van der Waals surface area contributed by atoms with Gasteiger partial charge in [0.25, 0.3) is 0 Å². The summed E-state index contributed by atoms with van der Waals surface area (Å²) in [5, 5.41) is 4.51. The van der Waals surface area contributed by atoms with Crippen LogP contribution in [-0.2, 0) is 0 Å². The Morgan fingerprint density at radius 1 is 1.26 bits per heavy atom. The molecule has 0 aliphatic carbocycles. The number of likely N-dealkylation sites (N-methyl/N-ethyl adjacent to an activating group) is 1. The zero-order valence-corrected chi connectivity index (χ0v) is 11.9. The van der Waals surface area contributed by atoms with E-state index in [1.165, 1.54) is 0 Å². The van der Waals surface area contributed by atoms with E-state index in [-0.39, 0.29) is 0 Å². The van der Waals surface area contributed by atoms with E-state index < -0.39 is 0 Å². The lowest BCUT2D eigenvalue weighted by atomic mass is 10.2. The van der Waals surface area contributed by atoms with E-state index >= 15 is 0 Å². The highest BCUT2D eigenvalue weighted by Gasteiger charge is 2.08. The average molecular weight is 258 g/mol. The molecule has 4 nitrogen and oxygen atoms in total. The Hall–Kier alpha value is -1.68. The van der Waals surface area contributed by atoms with Gasteiger partial charge in [0.15, 0.2) is 0 Å². The van der Waals surface area contributed by atoms with Crippen LogP contribution < -0.4 is 10.2 Å². The number of aromatic nitrogens is 2. The van der Waals surface area contributed by atoms with Crippen LogP contribution in [0, 0.1) is 0 Å². The largest absolute Gasteiger partial charge is 0.340 e. The quantitative estimate of drug-likeness (QED) is 0.864. The summed E-state index contributed by atoms with van der Waals surface area (Å²) in [4.78, 5) is 11.3. The van der Waals surface area contributed by atoms with Gasteiger partial charge in [-0.2, -0.15) is 0 Å². The molecule has 0 saturated carbocycles. The van der Waals surface area contributed by atoms with Gasteiger partial charge in [0.05, 0.1) is 5.52 Å². The molecule has 4 heteroatoms. The van der Waals surface area contributed by atoms with Gasteiger partial charge in [-0.3, -0.25) is 0 Å². The number of anilines is 1. The molecule has 19 heavy (non-hydrogen) atoms. The average Bonchev–Trinajstić information content (AvgIpc) is 2.43. The maximum Gasteiger partial charge on any atom is 0.225 e. The van der Waals surface area contributed by atoms with E-state index in [0.717, 1.165) is 36.5 Å². The van der Waals surface area contributed by atoms with Crippen LogP contribution in [0.1, 0.15) is 20.8 Å². The van der Waals surface area contributed by atoms with Crippen molar-refractivity contribution in [1.29, 1.82) is 0 Å². The zero-order valence-electron chi connectivity index (χ0n) is 11.9. The summed E-state index contributed by atoms with van der Waals surface area (Å²) in [6.45, 7) is 9.23. The number of rotatable bonds is 6. The number of benzene rings is 1. The van der Waals surface area contributed by atoms with Crippen LogP contribution >= 0.6 is 0 Å². The van der Waals surface area contributed by atoms with Crippen LogP contribution in [0.15, 0.2) is 30.5 Å². The molecule has 0 bridgehead atoms. The molecule has 1 aromatic carbocycles. The van der Waals surface area contributed by atoms with Crippen LogP contribution in [0.4, 0.5) is 5.95 Å². The smallest absolute Gasteiger partial charge is 0.225 e. The molecule has 0 unspecified atom stereocenters. The molecule has 0 radical (unpaired) electrons. The molecule has 0 amide bonds. The van der Waals surface area contributed by atoms with Crippen LogP contribution in [0.2, 0.25) is 0 Å². The Bertz CT molecular complexity index is 524. The van der Waals surface area contributed by atoms with Gasteiger partial charge in [-0.1, -0.05) is 32.0 Å². The molecule has 1 aromatic heterocycles. The van der Waals surface area contributed by atoms with Crippen molar-refractivity contribution in [1.82, 2.24) is 15.3 Å². The number of hydrogen-bond donors (Lipinski definition) is 1. The highest BCUT2D eigenvalue weighted by molar-refractivity contribution is 5.78. The minimum Gasteiger partial charge on any atom is -0.340 e. The molecule has 1 N–H and O–H groups in total. The number of nitrogens with zero attached hydrogens (tertiary/aromatic N) is 3. The molecule has 2 rings (SSSR count). The molecule has 102 valence electrons. The molecule has 1 heterocycles. The van der Waals surface area contributed by atoms with E-state index in [2.05, 4.69) is 41.0 Å². The summed E-state index contributed by atoms with van der Waals surface area (Å²) in [6, 6.07) is 8.60. The zero-order chi connectivity index (χ0) is 13.7. The highest BCUT2D eigenvalue weighted by atomic mass is 15.2. The third-order valence-corrected chi connectivity index (χ3v) is 3.08. The van der Waals surface area contributed by atoms with Gasteiger partial charge in [0.1, 0.15) is 0 Å². The highest BCUT2D eigenvalue weighted by Crippen LogP contribution is 2.14. The van der Waals surface area contributed by atoms with Gasteiger partial charge in [0, 0.05) is 37.3 Å². The standard InChI is InChI=1S/C15H22N4/c1-4-19(10-9-16-12(2)3)15-17-11-13-7-5-6-8-14(13)18-15/h5-8,11-12,16H,4,9-10H2,1-3H3. The van der Waals surface area contributed by atoms with Gasteiger partial charge >= 0.3 is 0 Å². The lowest BCUT2D eigenvalue weighted by molar-refractivity contribution is 0.581. The maximum absolute atomic E-state index is 4.63. The van der Waals surface area contributed by atoms with Gasteiger partial charge in [-0.15, -0.1) is 0 Å². The van der Waals surface area contributed by atoms with Crippen LogP contribution in [0.3, 0.4) is 0 Å². The fourth-order valence-corrected chi connectivity index (χ4v) is 2.00. The summed E-state index contributed by atoms with van der Waals surface area (Å²) in [5.74, 6) is 0.812. The van der Waals surface area contributed by atoms with Crippen molar-refractivity contribution >= 4 is 16.9 Å². The third kappa shape index (κ3) is 3.64. The topological polar surface area (TPSA) is 41.0 Å². The van der Waals surface area contributed by atoms with Gasteiger partial charge in [-0.25, -0.2) is 9.97 Å². The summed E-state index contributed by atoms with van der Waals surface area (Å²) < 4.78 is 0. The number of hydrogen-bond acceptors (Lipinski definition) is 4. The summed E-state index contributed by atoms with van der Waals surface area (Å²) in [6.07, 6.45) is 1.90. The third-order valence-electron chi connectivity index (χ3n) is 3.08. The van der Waals surface area contributed by atoms with E-state index in [1.807, 2.05) is 30.5 Å². The molecular formula is C15H22N4. The molecular weight excluding hydrogens is 236 g/mol.